The zero-order valence-electron chi connectivity index (χ0n) is 12.7. The van der Waals surface area contributed by atoms with Gasteiger partial charge in [0.2, 0.25) is 0 Å². The molecule has 2 heteroatoms. The Labute approximate surface area is 107 Å². The van der Waals surface area contributed by atoms with Crippen LogP contribution in [0.1, 0.15) is 58.5 Å². The van der Waals surface area contributed by atoms with Crippen molar-refractivity contribution >= 4 is 12.2 Å². The first-order valence-electron chi connectivity index (χ1n) is 6.49. The predicted octanol–water partition coefficient (Wildman–Crippen LogP) is 4.85. The molecule has 1 rings (SSSR count). The lowest BCUT2D eigenvalue weighted by Crippen LogP contribution is -1.93. The van der Waals surface area contributed by atoms with Crippen molar-refractivity contribution in [2.45, 2.75) is 48.5 Å². The van der Waals surface area contributed by atoms with E-state index in [-0.39, 0.29) is 0 Å². The van der Waals surface area contributed by atoms with Gasteiger partial charge in [-0.15, -0.1) is 0 Å². The molecule has 0 spiro atoms. The van der Waals surface area contributed by atoms with Crippen LogP contribution in [0.15, 0.2) is 12.2 Å². The van der Waals surface area contributed by atoms with E-state index in [0.29, 0.717) is 0 Å². The summed E-state index contributed by atoms with van der Waals surface area (Å²) in [6, 6.07) is 0. The highest BCUT2D eigenvalue weighted by Crippen LogP contribution is 2.16. The summed E-state index contributed by atoms with van der Waals surface area (Å²) in [4.78, 5) is 0. The molecular formula is C15H28N2. The van der Waals surface area contributed by atoms with Crippen molar-refractivity contribution in [3.63, 3.8) is 0 Å². The smallest absolute Gasteiger partial charge is 0.0678 e. The van der Waals surface area contributed by atoms with Crippen molar-refractivity contribution in [1.82, 2.24) is 9.78 Å². The van der Waals surface area contributed by atoms with Crippen molar-refractivity contribution in [1.29, 1.82) is 0 Å². The minimum Gasteiger partial charge on any atom is -0.268 e. The number of nitrogens with zero attached hydrogens (tertiary/aromatic N) is 2. The van der Waals surface area contributed by atoms with Crippen LogP contribution in [0.5, 0.6) is 0 Å². The molecule has 1 aromatic rings. The molecule has 0 saturated heterocycles. The van der Waals surface area contributed by atoms with Gasteiger partial charge in [0.1, 0.15) is 0 Å². The molecule has 2 nitrogen and oxygen atoms in total. The van der Waals surface area contributed by atoms with E-state index in [1.54, 1.807) is 0 Å². The first-order chi connectivity index (χ1) is 8.20. The summed E-state index contributed by atoms with van der Waals surface area (Å²) in [7, 11) is 1.97. The summed E-state index contributed by atoms with van der Waals surface area (Å²) >= 11 is 0. The van der Waals surface area contributed by atoms with E-state index in [1.807, 2.05) is 72.3 Å². The standard InChI is InChI=1S/C11H16N2.2C2H6/c1-5-7-10-9(3)12-13(4)11(10)8-6-2;2*1-2/h5-8H,1-4H3;2*1-2H3/b7-5-,8-6-;;. The van der Waals surface area contributed by atoms with Crippen molar-refractivity contribution in [2.75, 3.05) is 0 Å². The van der Waals surface area contributed by atoms with Crippen LogP contribution >= 0.6 is 0 Å². The third-order valence-electron chi connectivity index (χ3n) is 1.97. The molecule has 0 fully saturated rings. The van der Waals surface area contributed by atoms with Gasteiger partial charge in [-0.3, -0.25) is 4.68 Å². The predicted molar refractivity (Wildman–Crippen MR) is 80.1 cm³/mol. The molecule has 0 unspecified atom stereocenters. The Balaban J connectivity index is 0. The SMILES string of the molecule is C/C=C\c1c(C)nn(C)c1/C=C\C.CC.CC. The van der Waals surface area contributed by atoms with E-state index in [9.17, 15) is 0 Å². The molecule has 0 amide bonds. The molecule has 0 atom stereocenters. The molecule has 0 saturated carbocycles. The minimum absolute atomic E-state index is 1.08. The van der Waals surface area contributed by atoms with Crippen molar-refractivity contribution in [3.8, 4) is 0 Å². The summed E-state index contributed by atoms with van der Waals surface area (Å²) in [5.41, 5.74) is 3.45. The third-order valence-corrected chi connectivity index (χ3v) is 1.97. The molecule has 0 radical (unpaired) electrons. The van der Waals surface area contributed by atoms with Crippen LogP contribution in [0.25, 0.3) is 12.2 Å². The third kappa shape index (κ3) is 5.53. The van der Waals surface area contributed by atoms with Gasteiger partial charge in [-0.1, -0.05) is 45.9 Å². The van der Waals surface area contributed by atoms with Gasteiger partial charge in [-0.05, 0) is 26.8 Å². The monoisotopic (exact) mass is 236 g/mol. The van der Waals surface area contributed by atoms with Crippen LogP contribution in [-0.4, -0.2) is 9.78 Å². The second-order valence-corrected chi connectivity index (χ2v) is 3.01. The Hall–Kier alpha value is -1.31. The van der Waals surface area contributed by atoms with Crippen LogP contribution in [0, 0.1) is 6.92 Å². The summed E-state index contributed by atoms with van der Waals surface area (Å²) in [6.45, 7) is 14.1. The fraction of sp³-hybridized carbons (Fsp3) is 0.533. The lowest BCUT2D eigenvalue weighted by atomic mass is 10.1. The summed E-state index contributed by atoms with van der Waals surface area (Å²) in [6.07, 6.45) is 8.24. The van der Waals surface area contributed by atoms with Gasteiger partial charge >= 0.3 is 0 Å². The second-order valence-electron chi connectivity index (χ2n) is 3.01. The molecule has 0 N–H and O–H groups in total. The van der Waals surface area contributed by atoms with Crippen LogP contribution in [0.2, 0.25) is 0 Å². The minimum atomic E-state index is 1.08. The summed E-state index contributed by atoms with van der Waals surface area (Å²) in [5, 5.41) is 4.36. The normalized spacial score (nSPS) is 9.88. The average Bonchev–Trinajstić information content (AvgIpc) is 2.62. The Morgan fingerprint density at radius 2 is 1.41 bits per heavy atom. The largest absolute Gasteiger partial charge is 0.268 e. The van der Waals surface area contributed by atoms with E-state index < -0.39 is 0 Å². The van der Waals surface area contributed by atoms with Crippen LogP contribution in [-0.2, 0) is 7.05 Å². The number of aromatic nitrogens is 2. The highest BCUT2D eigenvalue weighted by atomic mass is 15.3. The number of hydrogen-bond donors (Lipinski definition) is 0. The van der Waals surface area contributed by atoms with Crippen molar-refractivity contribution < 1.29 is 0 Å². The lowest BCUT2D eigenvalue weighted by molar-refractivity contribution is 0.749. The first-order valence-corrected chi connectivity index (χ1v) is 6.49. The zero-order chi connectivity index (χ0) is 13.8. The van der Waals surface area contributed by atoms with E-state index in [4.69, 9.17) is 0 Å². The maximum absolute atomic E-state index is 4.36. The van der Waals surface area contributed by atoms with Gasteiger partial charge in [0.05, 0.1) is 11.4 Å². The van der Waals surface area contributed by atoms with Crippen LogP contribution in [0.4, 0.5) is 0 Å². The molecule has 17 heavy (non-hydrogen) atoms. The molecule has 0 aliphatic rings. The maximum atomic E-state index is 4.36. The molecule has 1 heterocycles. The number of aryl methyl sites for hydroxylation is 2. The number of rotatable bonds is 2. The second kappa shape index (κ2) is 11.2. The van der Waals surface area contributed by atoms with Crippen molar-refractivity contribution in [2.24, 2.45) is 7.05 Å². The highest BCUT2D eigenvalue weighted by Gasteiger charge is 2.06. The lowest BCUT2D eigenvalue weighted by Gasteiger charge is -1.95. The first kappa shape index (κ1) is 18.1. The Morgan fingerprint density at radius 3 is 1.82 bits per heavy atom. The topological polar surface area (TPSA) is 17.8 Å². The van der Waals surface area contributed by atoms with Crippen LogP contribution in [0.3, 0.4) is 0 Å². The molecule has 0 bridgehead atoms. The highest BCUT2D eigenvalue weighted by molar-refractivity contribution is 5.64. The maximum Gasteiger partial charge on any atom is 0.0678 e. The van der Waals surface area contributed by atoms with Gasteiger partial charge in [0, 0.05) is 12.6 Å². The zero-order valence-corrected chi connectivity index (χ0v) is 12.7. The Morgan fingerprint density at radius 1 is 0.941 bits per heavy atom. The van der Waals surface area contributed by atoms with Crippen molar-refractivity contribution in [3.05, 3.63) is 29.1 Å². The van der Waals surface area contributed by atoms with E-state index in [1.165, 1.54) is 5.56 Å². The fourth-order valence-corrected chi connectivity index (χ4v) is 1.42. The molecule has 0 aliphatic heterocycles. The molecular weight excluding hydrogens is 208 g/mol. The Kier molecular flexibility index (Phi) is 11.9. The van der Waals surface area contributed by atoms with Gasteiger partial charge < -0.3 is 0 Å². The summed E-state index contributed by atoms with van der Waals surface area (Å²) in [5.74, 6) is 0. The Bertz CT molecular complexity index is 312. The fourth-order valence-electron chi connectivity index (χ4n) is 1.42. The number of allylic oxidation sites excluding steroid dienone is 2. The van der Waals surface area contributed by atoms with Gasteiger partial charge in [0.25, 0.3) is 0 Å². The van der Waals surface area contributed by atoms with E-state index in [2.05, 4.69) is 17.3 Å². The molecule has 0 aromatic carbocycles. The number of hydrogen-bond acceptors (Lipinski definition) is 1. The average molecular weight is 236 g/mol. The van der Waals surface area contributed by atoms with E-state index in [0.717, 1.165) is 11.4 Å². The van der Waals surface area contributed by atoms with Gasteiger partial charge in [-0.2, -0.15) is 5.10 Å². The van der Waals surface area contributed by atoms with Gasteiger partial charge in [-0.25, -0.2) is 0 Å². The van der Waals surface area contributed by atoms with Crippen LogP contribution < -0.4 is 0 Å². The molecule has 98 valence electrons. The molecule has 1 aromatic heterocycles. The quantitative estimate of drug-likeness (QED) is 0.718. The summed E-state index contributed by atoms with van der Waals surface area (Å²) < 4.78 is 1.91. The van der Waals surface area contributed by atoms with E-state index >= 15 is 0 Å². The van der Waals surface area contributed by atoms with Gasteiger partial charge in [0.15, 0.2) is 0 Å². The molecule has 0 aliphatic carbocycles.